The first-order valence-corrected chi connectivity index (χ1v) is 15.8. The van der Waals surface area contributed by atoms with Gasteiger partial charge >= 0.3 is 0 Å². The van der Waals surface area contributed by atoms with Crippen LogP contribution in [0.25, 0.3) is 88.1 Å². The Balaban J connectivity index is 1.24. The van der Waals surface area contributed by atoms with E-state index in [0.717, 1.165) is 38.9 Å². The van der Waals surface area contributed by atoms with Crippen molar-refractivity contribution in [3.8, 4) is 22.5 Å². The third kappa shape index (κ3) is 3.79. The molecule has 0 aliphatic heterocycles. The quantitative estimate of drug-likeness (QED) is 0.189. The van der Waals surface area contributed by atoms with Crippen LogP contribution in [-0.2, 0) is 0 Å². The average Bonchev–Trinajstić information content (AvgIpc) is 3.64. The second kappa shape index (κ2) is 9.80. The molecule has 0 unspecified atom stereocenters. The second-order valence-electron chi connectivity index (χ2n) is 12.1. The summed E-state index contributed by atoms with van der Waals surface area (Å²) in [6.07, 6.45) is 0. The van der Waals surface area contributed by atoms with Gasteiger partial charge in [0.05, 0.1) is 32.8 Å². The summed E-state index contributed by atoms with van der Waals surface area (Å²) in [5.41, 5.74) is 10.1. The van der Waals surface area contributed by atoms with Crippen molar-refractivity contribution in [2.24, 2.45) is 0 Å². The van der Waals surface area contributed by atoms with Gasteiger partial charge in [0.15, 0.2) is 0 Å². The van der Waals surface area contributed by atoms with Crippen LogP contribution >= 0.6 is 0 Å². The van der Waals surface area contributed by atoms with Gasteiger partial charge in [-0.1, -0.05) is 78.9 Å². The van der Waals surface area contributed by atoms with Crippen molar-refractivity contribution in [1.82, 2.24) is 9.13 Å². The van der Waals surface area contributed by atoms with E-state index in [9.17, 15) is 4.79 Å². The Morgan fingerprint density at radius 1 is 0.362 bits per heavy atom. The van der Waals surface area contributed by atoms with Crippen molar-refractivity contribution >= 4 is 65.6 Å². The summed E-state index contributed by atoms with van der Waals surface area (Å²) in [4.78, 5) is 13.2. The molecule has 3 aromatic heterocycles. The molecule has 220 valence electrons. The number of benzene rings is 7. The topological polar surface area (TPSA) is 40.1 Å². The monoisotopic (exact) mass is 602 g/mol. The number of nitrogens with zero attached hydrogens (tertiary/aromatic N) is 2. The predicted molar refractivity (Wildman–Crippen MR) is 194 cm³/mol. The second-order valence-corrected chi connectivity index (χ2v) is 12.1. The van der Waals surface area contributed by atoms with Gasteiger partial charge in [-0.15, -0.1) is 0 Å². The molecule has 4 heteroatoms. The van der Waals surface area contributed by atoms with E-state index in [2.05, 4.69) is 124 Å². The van der Waals surface area contributed by atoms with Crippen molar-refractivity contribution in [2.75, 3.05) is 0 Å². The molecule has 10 rings (SSSR count). The summed E-state index contributed by atoms with van der Waals surface area (Å²) in [6.45, 7) is 0. The zero-order valence-electron chi connectivity index (χ0n) is 25.2. The summed E-state index contributed by atoms with van der Waals surface area (Å²) >= 11 is 0. The molecule has 47 heavy (non-hydrogen) atoms. The van der Waals surface area contributed by atoms with Crippen LogP contribution in [0.1, 0.15) is 0 Å². The number of fused-ring (bicyclic) bond motifs is 8. The smallest absolute Gasteiger partial charge is 0.200 e. The number of para-hydroxylation sites is 4. The molecular weight excluding hydrogens is 576 g/mol. The van der Waals surface area contributed by atoms with Gasteiger partial charge in [-0.3, -0.25) is 4.79 Å². The fourth-order valence-corrected chi connectivity index (χ4v) is 7.37. The highest BCUT2D eigenvalue weighted by Crippen LogP contribution is 2.38. The molecule has 0 aliphatic rings. The van der Waals surface area contributed by atoms with Crippen LogP contribution in [0.4, 0.5) is 0 Å². The molecular formula is C43H26N2O2. The van der Waals surface area contributed by atoms with E-state index < -0.39 is 0 Å². The third-order valence-electron chi connectivity index (χ3n) is 9.51. The summed E-state index contributed by atoms with van der Waals surface area (Å²) in [6, 6.07) is 54.6. The summed E-state index contributed by atoms with van der Waals surface area (Å²) in [7, 11) is 0. The molecule has 3 heterocycles. The van der Waals surface area contributed by atoms with Crippen molar-refractivity contribution in [3.05, 3.63) is 168 Å². The highest BCUT2D eigenvalue weighted by atomic mass is 16.3. The zero-order chi connectivity index (χ0) is 31.1. The lowest BCUT2D eigenvalue weighted by Crippen LogP contribution is -2.01. The minimum absolute atomic E-state index is 0.00706. The largest absolute Gasteiger partial charge is 0.456 e. The number of hydrogen-bond donors (Lipinski definition) is 0. The van der Waals surface area contributed by atoms with E-state index in [1.807, 2.05) is 42.5 Å². The molecule has 0 fully saturated rings. The third-order valence-corrected chi connectivity index (χ3v) is 9.51. The van der Waals surface area contributed by atoms with Gasteiger partial charge in [-0.2, -0.15) is 0 Å². The number of hydrogen-bond acceptors (Lipinski definition) is 2. The van der Waals surface area contributed by atoms with E-state index in [-0.39, 0.29) is 5.43 Å². The minimum Gasteiger partial charge on any atom is -0.456 e. The maximum Gasteiger partial charge on any atom is 0.200 e. The Morgan fingerprint density at radius 3 is 1.66 bits per heavy atom. The van der Waals surface area contributed by atoms with Gasteiger partial charge in [-0.05, 0) is 90.0 Å². The first kappa shape index (κ1) is 25.9. The molecule has 0 bridgehead atoms. The molecule has 7 aromatic carbocycles. The fraction of sp³-hybridized carbons (Fsp3) is 0. The van der Waals surface area contributed by atoms with Crippen LogP contribution in [0.15, 0.2) is 167 Å². The van der Waals surface area contributed by atoms with E-state index in [0.29, 0.717) is 21.9 Å². The number of rotatable bonds is 3. The van der Waals surface area contributed by atoms with Crippen LogP contribution in [0, 0.1) is 0 Å². The zero-order valence-corrected chi connectivity index (χ0v) is 25.2. The van der Waals surface area contributed by atoms with Gasteiger partial charge in [0.1, 0.15) is 11.2 Å². The lowest BCUT2D eigenvalue weighted by atomic mass is 10.0. The first-order chi connectivity index (χ1) is 23.2. The predicted octanol–water partition coefficient (Wildman–Crippen LogP) is 10.8. The number of aromatic nitrogens is 2. The van der Waals surface area contributed by atoms with Crippen LogP contribution < -0.4 is 5.43 Å². The SMILES string of the molecule is O=c1c2ccccc2oc2cc(-c3ccc4c(c3)c3cc(-n5c6ccccc6c6ccccc65)ccc3n4-c3ccccc3)ccc12. The molecule has 0 aliphatic carbocycles. The molecule has 4 nitrogen and oxygen atoms in total. The van der Waals surface area contributed by atoms with E-state index in [1.54, 1.807) is 0 Å². The standard InChI is InChI=1S/C43H26N2O2/c46-43-33-14-6-9-17-41(33)47-42-25-28(18-21-34(42)43)27-19-22-39-35(24-27)36-26-30(20-23-40(36)44(39)29-10-2-1-3-11-29)45-37-15-7-4-12-31(37)32-13-5-8-16-38(32)45/h1-26H. The van der Waals surface area contributed by atoms with Gasteiger partial charge in [-0.25, -0.2) is 0 Å². The normalized spacial score (nSPS) is 11.9. The van der Waals surface area contributed by atoms with E-state index >= 15 is 0 Å². The molecule has 0 saturated carbocycles. The van der Waals surface area contributed by atoms with Crippen molar-refractivity contribution in [2.45, 2.75) is 0 Å². The molecule has 0 atom stereocenters. The highest BCUT2D eigenvalue weighted by Gasteiger charge is 2.17. The van der Waals surface area contributed by atoms with Gasteiger partial charge in [0.25, 0.3) is 0 Å². The van der Waals surface area contributed by atoms with Gasteiger partial charge < -0.3 is 13.6 Å². The molecule has 0 spiro atoms. The maximum absolute atomic E-state index is 13.2. The van der Waals surface area contributed by atoms with Gasteiger partial charge in [0, 0.05) is 32.9 Å². The van der Waals surface area contributed by atoms with Gasteiger partial charge in [0.2, 0.25) is 5.43 Å². The van der Waals surface area contributed by atoms with Crippen molar-refractivity contribution in [1.29, 1.82) is 0 Å². The Bertz CT molecular complexity index is 2870. The lowest BCUT2D eigenvalue weighted by Gasteiger charge is -2.10. The fourth-order valence-electron chi connectivity index (χ4n) is 7.37. The molecule has 0 amide bonds. The molecule has 0 N–H and O–H groups in total. The van der Waals surface area contributed by atoms with Crippen molar-refractivity contribution < 1.29 is 4.42 Å². The first-order valence-electron chi connectivity index (χ1n) is 15.8. The average molecular weight is 603 g/mol. The summed E-state index contributed by atoms with van der Waals surface area (Å²) < 4.78 is 10.9. The highest BCUT2D eigenvalue weighted by molar-refractivity contribution is 6.13. The Kier molecular flexibility index (Phi) is 5.40. The van der Waals surface area contributed by atoms with Crippen LogP contribution in [0.3, 0.4) is 0 Å². The Morgan fingerprint density at radius 2 is 0.894 bits per heavy atom. The molecule has 0 saturated heterocycles. The van der Waals surface area contributed by atoms with Crippen LogP contribution in [0.5, 0.6) is 0 Å². The lowest BCUT2D eigenvalue weighted by molar-refractivity contribution is 0.660. The minimum atomic E-state index is -0.00706. The van der Waals surface area contributed by atoms with E-state index in [1.165, 1.54) is 27.2 Å². The Hall–Kier alpha value is -6.39. The van der Waals surface area contributed by atoms with E-state index in [4.69, 9.17) is 4.42 Å². The Labute approximate surface area is 268 Å². The molecule has 0 radical (unpaired) electrons. The van der Waals surface area contributed by atoms with Crippen LogP contribution in [0.2, 0.25) is 0 Å². The summed E-state index contributed by atoms with van der Waals surface area (Å²) in [5.74, 6) is 0. The maximum atomic E-state index is 13.2. The van der Waals surface area contributed by atoms with Crippen molar-refractivity contribution in [3.63, 3.8) is 0 Å². The molecule has 10 aromatic rings. The van der Waals surface area contributed by atoms with Crippen LogP contribution in [-0.4, -0.2) is 9.13 Å². The summed E-state index contributed by atoms with van der Waals surface area (Å²) in [5, 5.41) is 6.00.